The molecule has 5 amide bonds. The van der Waals surface area contributed by atoms with Crippen LogP contribution in [0.4, 0.5) is 4.79 Å². The molecule has 2 saturated heterocycles. The van der Waals surface area contributed by atoms with E-state index in [-0.39, 0.29) is 36.8 Å². The maximum atomic E-state index is 14.4. The predicted molar refractivity (Wildman–Crippen MR) is 187 cm³/mol. The number of piperidine rings is 1. The van der Waals surface area contributed by atoms with Crippen molar-refractivity contribution in [2.75, 3.05) is 32.7 Å². The number of amides is 5. The summed E-state index contributed by atoms with van der Waals surface area (Å²) in [5, 5.41) is 11.1. The first kappa shape index (κ1) is 40.4. The molecule has 1 aliphatic carbocycles. The van der Waals surface area contributed by atoms with Gasteiger partial charge in [0.15, 0.2) is 0 Å². The Bertz CT molecular complexity index is 1390. The van der Waals surface area contributed by atoms with Crippen molar-refractivity contribution in [2.45, 2.75) is 112 Å². The number of hydrogen-bond donors (Lipinski definition) is 5. The number of fused-ring (bicyclic) bond motifs is 1. The summed E-state index contributed by atoms with van der Waals surface area (Å²) in [6, 6.07) is -4.19. The van der Waals surface area contributed by atoms with E-state index >= 15 is 0 Å². The molecule has 0 spiro atoms. The molecule has 3 rings (SSSR count). The number of nitrogens with zero attached hydrogens (tertiary/aromatic N) is 2. The van der Waals surface area contributed by atoms with E-state index in [1.54, 1.807) is 0 Å². The fourth-order valence-corrected chi connectivity index (χ4v) is 8.20. The van der Waals surface area contributed by atoms with Crippen LogP contribution in [0.5, 0.6) is 0 Å². The second-order valence-corrected chi connectivity index (χ2v) is 18.2. The normalized spacial score (nSPS) is 24.8. The van der Waals surface area contributed by atoms with Gasteiger partial charge in [-0.3, -0.25) is 19.2 Å². The number of urea groups is 1. The maximum Gasteiger partial charge on any atom is 0.315 e. The molecule has 3 aliphatic rings. The van der Waals surface area contributed by atoms with Gasteiger partial charge in [0.05, 0.1) is 6.04 Å². The van der Waals surface area contributed by atoms with Crippen LogP contribution in [0, 0.1) is 28.1 Å². The second-order valence-electron chi connectivity index (χ2n) is 16.4. The monoisotopic (exact) mass is 709 g/mol. The minimum Gasteiger partial charge on any atom is -0.346 e. The van der Waals surface area contributed by atoms with Gasteiger partial charge in [-0.05, 0) is 40.9 Å². The van der Waals surface area contributed by atoms with Crippen molar-refractivity contribution in [1.29, 1.82) is 0 Å². The molecular weight excluding hydrogens is 650 g/mol. The van der Waals surface area contributed by atoms with E-state index in [1.807, 2.05) is 62.3 Å². The summed E-state index contributed by atoms with van der Waals surface area (Å²) in [6.07, 6.45) is 3.74. The molecule has 3 fully saturated rings. The van der Waals surface area contributed by atoms with Crippen LogP contribution >= 0.6 is 0 Å². The third-order valence-electron chi connectivity index (χ3n) is 10.2. The van der Waals surface area contributed by atoms with E-state index in [2.05, 4.69) is 32.6 Å². The molecule has 0 aromatic heterocycles. The van der Waals surface area contributed by atoms with Crippen LogP contribution in [0.2, 0.25) is 0 Å². The number of carbonyl (C=O) groups is 5. The Kier molecular flexibility index (Phi) is 12.7. The van der Waals surface area contributed by atoms with Crippen LogP contribution in [0.1, 0.15) is 88.0 Å². The zero-order valence-corrected chi connectivity index (χ0v) is 31.6. The molecule has 0 bridgehead atoms. The first-order chi connectivity index (χ1) is 22.6. The van der Waals surface area contributed by atoms with Crippen molar-refractivity contribution in [2.24, 2.45) is 28.1 Å². The Balaban J connectivity index is 1.83. The van der Waals surface area contributed by atoms with Crippen LogP contribution in [0.15, 0.2) is 12.7 Å². The lowest BCUT2D eigenvalue weighted by molar-refractivity contribution is -0.145. The van der Waals surface area contributed by atoms with Gasteiger partial charge in [0.1, 0.15) is 12.1 Å². The van der Waals surface area contributed by atoms with E-state index in [1.165, 1.54) is 15.3 Å². The van der Waals surface area contributed by atoms with Gasteiger partial charge in [-0.15, -0.1) is 6.58 Å². The minimum atomic E-state index is -3.67. The van der Waals surface area contributed by atoms with Crippen LogP contribution in [-0.4, -0.2) is 104 Å². The fourth-order valence-electron chi connectivity index (χ4n) is 6.90. The van der Waals surface area contributed by atoms with Crippen LogP contribution in [-0.2, 0) is 29.4 Å². The molecule has 1 saturated carbocycles. The lowest BCUT2D eigenvalue weighted by Gasteiger charge is -2.39. The van der Waals surface area contributed by atoms with E-state index < -0.39 is 74.7 Å². The first-order valence-electron chi connectivity index (χ1n) is 17.4. The van der Waals surface area contributed by atoms with E-state index in [9.17, 15) is 32.4 Å². The van der Waals surface area contributed by atoms with Crippen LogP contribution in [0.3, 0.4) is 0 Å². The largest absolute Gasteiger partial charge is 0.346 e. The molecule has 0 radical (unpaired) electrons. The molecule has 49 heavy (non-hydrogen) atoms. The van der Waals surface area contributed by atoms with Crippen molar-refractivity contribution in [3.8, 4) is 0 Å². The van der Waals surface area contributed by atoms with Crippen molar-refractivity contribution in [1.82, 2.24) is 35.2 Å². The van der Waals surface area contributed by atoms with Crippen molar-refractivity contribution in [3.05, 3.63) is 12.7 Å². The van der Waals surface area contributed by atoms with E-state index in [4.69, 9.17) is 0 Å². The zero-order valence-electron chi connectivity index (χ0n) is 30.8. The average molecular weight is 710 g/mol. The lowest BCUT2D eigenvalue weighted by Crippen LogP contribution is -2.63. The highest BCUT2D eigenvalue weighted by Gasteiger charge is 2.70. The summed E-state index contributed by atoms with van der Waals surface area (Å²) < 4.78 is 29.1. The summed E-state index contributed by atoms with van der Waals surface area (Å²) in [4.78, 5) is 69.1. The number of rotatable bonds is 14. The van der Waals surface area contributed by atoms with E-state index in [0.717, 1.165) is 6.42 Å². The van der Waals surface area contributed by atoms with Crippen molar-refractivity contribution >= 4 is 39.7 Å². The number of Topliss-reactive ketones (excluding diaryl/α,β-unsaturated/α-hetero) is 1. The summed E-state index contributed by atoms with van der Waals surface area (Å²) in [6.45, 7) is 21.9. The molecule has 0 aromatic carbocycles. The van der Waals surface area contributed by atoms with Gasteiger partial charge in [-0.1, -0.05) is 81.2 Å². The predicted octanol–water partition coefficient (Wildman–Crippen LogP) is 1.68. The van der Waals surface area contributed by atoms with Crippen LogP contribution in [0.25, 0.3) is 0 Å². The van der Waals surface area contributed by atoms with Gasteiger partial charge < -0.3 is 26.2 Å². The molecule has 1 unspecified atom stereocenters. The van der Waals surface area contributed by atoms with E-state index in [0.29, 0.717) is 32.5 Å². The summed E-state index contributed by atoms with van der Waals surface area (Å²) >= 11 is 0. The van der Waals surface area contributed by atoms with Crippen molar-refractivity contribution in [3.63, 3.8) is 0 Å². The Morgan fingerprint density at radius 1 is 1.02 bits per heavy atom. The molecule has 2 heterocycles. The molecule has 6 atom stereocenters. The molecular formula is C34H59N7O7S. The summed E-state index contributed by atoms with van der Waals surface area (Å²) in [5.74, 6) is -2.60. The third-order valence-corrected chi connectivity index (χ3v) is 11.8. The Labute approximate surface area is 292 Å². The smallest absolute Gasteiger partial charge is 0.315 e. The molecule has 0 aromatic rings. The van der Waals surface area contributed by atoms with Gasteiger partial charge >= 0.3 is 6.03 Å². The average Bonchev–Trinajstić information content (AvgIpc) is 3.31. The van der Waals surface area contributed by atoms with Gasteiger partial charge in [0.25, 0.3) is 16.1 Å². The quantitative estimate of drug-likeness (QED) is 0.134. The molecule has 278 valence electrons. The highest BCUT2D eigenvalue weighted by Crippen LogP contribution is 2.65. The fraction of sp³-hybridized carbons (Fsp3) is 0.794. The third kappa shape index (κ3) is 9.60. The topological polar surface area (TPSA) is 186 Å². The highest BCUT2D eigenvalue weighted by atomic mass is 32.2. The standard InChI is InChI=1S/C34H59N7O7S/c1-11-13-15-22(26(42)29(44)35-16-12-2)37-28(43)25-24-21(34(24,9)10)19-41(25)30(45)27(33(6,7)8)39-31(46)38-23(32(3,4)5)20-40-18-14-17-36-49(40,47)48/h12,21-25,27,36H,2,11,13-20H2,1,3-10H3,(H,35,44)(H,37,43)(H2,38,39,46)/t21-,22?,23+,24-,25-,27+/m0/s1. The van der Waals surface area contributed by atoms with Gasteiger partial charge in [0.2, 0.25) is 17.6 Å². The number of hydrogen-bond acceptors (Lipinski definition) is 7. The van der Waals surface area contributed by atoms with Gasteiger partial charge in [-0.25, -0.2) is 9.52 Å². The maximum absolute atomic E-state index is 14.4. The lowest BCUT2D eigenvalue weighted by atomic mass is 9.85. The van der Waals surface area contributed by atoms with Crippen LogP contribution < -0.4 is 26.0 Å². The summed E-state index contributed by atoms with van der Waals surface area (Å²) in [5.41, 5.74) is -1.50. The Hall–Kier alpha value is -3.04. The Morgan fingerprint density at radius 2 is 1.67 bits per heavy atom. The van der Waals surface area contributed by atoms with Gasteiger partial charge in [0, 0.05) is 38.8 Å². The summed E-state index contributed by atoms with van der Waals surface area (Å²) in [7, 11) is -3.67. The molecule has 14 nitrogen and oxygen atoms in total. The molecule has 5 N–H and O–H groups in total. The Morgan fingerprint density at radius 3 is 2.22 bits per heavy atom. The second kappa shape index (κ2) is 15.5. The zero-order chi connectivity index (χ0) is 37.1. The molecule has 15 heteroatoms. The number of ketones is 1. The highest BCUT2D eigenvalue weighted by molar-refractivity contribution is 7.87. The SMILES string of the molecule is C=CCNC(=O)C(=O)C(CCCC)NC(=O)[C@@H]1[C@@H]2[C@H](CN1C(=O)[C@@H](NC(=O)N[C@H](CN1CCCNS1(=O)=O)C(C)(C)C)C(C)(C)C)C2(C)C. The number of carbonyl (C=O) groups excluding carboxylic acids is 5. The van der Waals surface area contributed by atoms with Crippen molar-refractivity contribution < 1.29 is 32.4 Å². The minimum absolute atomic E-state index is 0.0488. The number of likely N-dealkylation sites (tertiary alicyclic amines) is 1. The first-order valence-corrected chi connectivity index (χ1v) is 18.9. The van der Waals surface area contributed by atoms with Gasteiger partial charge in [-0.2, -0.15) is 12.7 Å². The number of unbranched alkanes of at least 4 members (excludes halogenated alkanes) is 1. The molecule has 2 aliphatic heterocycles. The number of nitrogens with one attached hydrogen (secondary N) is 5.